The van der Waals surface area contributed by atoms with Gasteiger partial charge in [-0.2, -0.15) is 18.3 Å². The molecule has 0 bridgehead atoms. The molecule has 5 nitrogen and oxygen atoms in total. The highest BCUT2D eigenvalue weighted by Gasteiger charge is 2.35. The topological polar surface area (TPSA) is 53.7 Å². The Balaban J connectivity index is 0.00000306. The van der Waals surface area contributed by atoms with Crippen LogP contribution in [0.5, 0.6) is 0 Å². The van der Waals surface area contributed by atoms with Crippen molar-refractivity contribution in [3.8, 4) is 11.8 Å². The summed E-state index contributed by atoms with van der Waals surface area (Å²) in [6, 6.07) is 10.6. The van der Waals surface area contributed by atoms with E-state index < -0.39 is 17.5 Å². The lowest BCUT2D eigenvalue weighted by Gasteiger charge is -2.15. The number of likely N-dealkylation sites (tertiary alicyclic amines) is 1. The average Bonchev–Trinajstić information content (AvgIpc) is 3.32. The molecule has 1 saturated heterocycles. The summed E-state index contributed by atoms with van der Waals surface area (Å²) in [7, 11) is 0. The number of aryl methyl sites for hydroxylation is 1. The van der Waals surface area contributed by atoms with Crippen LogP contribution < -0.4 is 0 Å². The van der Waals surface area contributed by atoms with E-state index in [1.54, 1.807) is 26.8 Å². The fraction of sp³-hybridized carbons (Fsp3) is 0.417. The normalized spacial score (nSPS) is 17.0. The number of aliphatic hydroxyl groups is 1. The summed E-state index contributed by atoms with van der Waals surface area (Å²) in [5.74, 6) is 5.81. The minimum absolute atomic E-state index is 0. The number of alkyl halides is 3. The molecule has 2 aromatic heterocycles. The van der Waals surface area contributed by atoms with Gasteiger partial charge in [0.05, 0.1) is 5.69 Å². The molecule has 0 spiro atoms. The Bertz CT molecular complexity index is 1190. The second-order valence-electron chi connectivity index (χ2n) is 8.85. The Morgan fingerprint density at radius 1 is 1.15 bits per heavy atom. The molecule has 3 aromatic rings. The van der Waals surface area contributed by atoms with Crippen molar-refractivity contribution < 1.29 is 18.3 Å². The van der Waals surface area contributed by atoms with E-state index in [1.807, 2.05) is 24.3 Å². The van der Waals surface area contributed by atoms with Crippen molar-refractivity contribution in [2.75, 3.05) is 13.1 Å². The van der Waals surface area contributed by atoms with Crippen molar-refractivity contribution in [2.45, 2.75) is 51.4 Å². The minimum Gasteiger partial charge on any atom is -0.378 e. The molecule has 0 radical (unpaired) electrons. The van der Waals surface area contributed by atoms with Gasteiger partial charge in [0, 0.05) is 36.3 Å². The van der Waals surface area contributed by atoms with Crippen LogP contribution in [0.25, 0.3) is 5.65 Å². The first-order valence-corrected chi connectivity index (χ1v) is 10.5. The van der Waals surface area contributed by atoms with Crippen LogP contribution in [0.2, 0.25) is 0 Å². The Morgan fingerprint density at radius 2 is 1.85 bits per heavy atom. The molecule has 1 aliphatic rings. The molecular weight excluding hydrogens is 453 g/mol. The zero-order chi connectivity index (χ0) is 23.1. The van der Waals surface area contributed by atoms with Gasteiger partial charge < -0.3 is 5.11 Å². The third kappa shape index (κ3) is 6.05. The summed E-state index contributed by atoms with van der Waals surface area (Å²) >= 11 is 0. The van der Waals surface area contributed by atoms with Crippen LogP contribution in [0.15, 0.2) is 36.4 Å². The van der Waals surface area contributed by atoms with E-state index in [-0.39, 0.29) is 24.0 Å². The molecule has 176 valence electrons. The van der Waals surface area contributed by atoms with Gasteiger partial charge in [0.2, 0.25) is 0 Å². The predicted octanol–water partition coefficient (Wildman–Crippen LogP) is 4.59. The van der Waals surface area contributed by atoms with Gasteiger partial charge in [0.15, 0.2) is 5.65 Å². The molecule has 1 fully saturated rings. The molecule has 4 rings (SSSR count). The molecule has 1 unspecified atom stereocenters. The smallest absolute Gasteiger partial charge is 0.378 e. The number of aromatic nitrogens is 3. The van der Waals surface area contributed by atoms with Crippen molar-refractivity contribution in [2.24, 2.45) is 0 Å². The van der Waals surface area contributed by atoms with Crippen molar-refractivity contribution in [3.63, 3.8) is 0 Å². The summed E-state index contributed by atoms with van der Waals surface area (Å²) < 4.78 is 41.1. The van der Waals surface area contributed by atoms with E-state index in [0.29, 0.717) is 11.4 Å². The molecule has 1 atom stereocenters. The lowest BCUT2D eigenvalue weighted by molar-refractivity contribution is -0.142. The number of rotatable bonds is 3. The van der Waals surface area contributed by atoms with Gasteiger partial charge in [-0.1, -0.05) is 24.0 Å². The number of hydrogen-bond donors (Lipinski definition) is 1. The largest absolute Gasteiger partial charge is 0.433 e. The zero-order valence-corrected chi connectivity index (χ0v) is 19.5. The first-order chi connectivity index (χ1) is 15.0. The molecule has 0 amide bonds. The van der Waals surface area contributed by atoms with Gasteiger partial charge in [-0.3, -0.25) is 4.90 Å². The second-order valence-corrected chi connectivity index (χ2v) is 8.85. The highest BCUT2D eigenvalue weighted by molar-refractivity contribution is 5.85. The molecule has 3 heterocycles. The summed E-state index contributed by atoms with van der Waals surface area (Å²) in [6.07, 6.45) is -3.65. The average molecular weight is 479 g/mol. The summed E-state index contributed by atoms with van der Waals surface area (Å²) in [5.41, 5.74) is 1.33. The fourth-order valence-corrected chi connectivity index (χ4v) is 3.91. The van der Waals surface area contributed by atoms with Crippen LogP contribution in [0.3, 0.4) is 0 Å². The standard InChI is InChI=1S/C24H25F3N4O.ClH/c1-16-12-21(24(25,26)27)31-22(28-16)13-20(29-31)19-9-11-30(15-19)14-18-6-4-17(5-7-18)8-10-23(2,3)32;/h4-7,12-13,19,32H,9,11,14-15H2,1-3H3;1H. The number of halogens is 4. The van der Waals surface area contributed by atoms with Crippen molar-refractivity contribution in [1.29, 1.82) is 0 Å². The third-order valence-corrected chi connectivity index (χ3v) is 5.43. The monoisotopic (exact) mass is 478 g/mol. The maximum absolute atomic E-state index is 13.4. The molecule has 1 N–H and O–H groups in total. The Labute approximate surface area is 197 Å². The van der Waals surface area contributed by atoms with E-state index in [9.17, 15) is 18.3 Å². The first kappa shape index (κ1) is 25.0. The first-order valence-electron chi connectivity index (χ1n) is 10.5. The SMILES string of the molecule is Cc1cc(C(F)(F)F)n2nc(C3CCN(Cc4ccc(C#CC(C)(C)O)cc4)C3)cc2n1.Cl. The molecular formula is C24H26ClF3N4O. The van der Waals surface area contributed by atoms with Crippen molar-refractivity contribution in [3.05, 3.63) is 64.6 Å². The van der Waals surface area contributed by atoms with Gasteiger partial charge in [-0.25, -0.2) is 9.50 Å². The van der Waals surface area contributed by atoms with E-state index >= 15 is 0 Å². The quantitative estimate of drug-likeness (QED) is 0.559. The Morgan fingerprint density at radius 3 is 2.48 bits per heavy atom. The predicted molar refractivity (Wildman–Crippen MR) is 122 cm³/mol. The number of benzene rings is 1. The molecule has 1 aliphatic heterocycles. The van der Waals surface area contributed by atoms with Crippen LogP contribution in [0, 0.1) is 18.8 Å². The minimum atomic E-state index is -4.49. The zero-order valence-electron chi connectivity index (χ0n) is 18.6. The van der Waals surface area contributed by atoms with Crippen LogP contribution in [-0.2, 0) is 12.7 Å². The highest BCUT2D eigenvalue weighted by Crippen LogP contribution is 2.32. The summed E-state index contributed by atoms with van der Waals surface area (Å²) in [6.45, 7) is 7.15. The fourth-order valence-electron chi connectivity index (χ4n) is 3.91. The molecule has 1 aromatic carbocycles. The number of fused-ring (bicyclic) bond motifs is 1. The maximum Gasteiger partial charge on any atom is 0.433 e. The molecule has 9 heteroatoms. The second kappa shape index (κ2) is 9.34. The Kier molecular flexibility index (Phi) is 7.08. The van der Waals surface area contributed by atoms with E-state index in [4.69, 9.17) is 0 Å². The third-order valence-electron chi connectivity index (χ3n) is 5.43. The van der Waals surface area contributed by atoms with Crippen molar-refractivity contribution in [1.82, 2.24) is 19.5 Å². The number of hydrogen-bond acceptors (Lipinski definition) is 4. The Hall–Kier alpha value is -2.60. The maximum atomic E-state index is 13.4. The van der Waals surface area contributed by atoms with Gasteiger partial charge in [-0.05, 0) is 57.5 Å². The van der Waals surface area contributed by atoms with Crippen LogP contribution in [0.4, 0.5) is 13.2 Å². The van der Waals surface area contributed by atoms with Crippen molar-refractivity contribution >= 4 is 18.1 Å². The summed E-state index contributed by atoms with van der Waals surface area (Å²) in [4.78, 5) is 6.50. The molecule has 0 aliphatic carbocycles. The number of nitrogens with zero attached hydrogens (tertiary/aromatic N) is 4. The molecule has 33 heavy (non-hydrogen) atoms. The lowest BCUT2D eigenvalue weighted by atomic mass is 10.1. The van der Waals surface area contributed by atoms with E-state index in [0.717, 1.165) is 47.8 Å². The summed E-state index contributed by atoms with van der Waals surface area (Å²) in [5, 5.41) is 14.0. The van der Waals surface area contributed by atoms with Gasteiger partial charge in [0.25, 0.3) is 0 Å². The highest BCUT2D eigenvalue weighted by atomic mass is 35.5. The van der Waals surface area contributed by atoms with Crippen LogP contribution in [0.1, 0.15) is 54.4 Å². The van der Waals surface area contributed by atoms with Crippen LogP contribution in [-0.4, -0.2) is 43.3 Å². The van der Waals surface area contributed by atoms with E-state index in [2.05, 4.69) is 26.8 Å². The molecule has 0 saturated carbocycles. The van der Waals surface area contributed by atoms with Gasteiger partial charge in [-0.15, -0.1) is 12.4 Å². The lowest BCUT2D eigenvalue weighted by Crippen LogP contribution is -2.20. The van der Waals surface area contributed by atoms with Crippen LogP contribution >= 0.6 is 12.4 Å². The van der Waals surface area contributed by atoms with Gasteiger partial charge in [0.1, 0.15) is 11.3 Å². The van der Waals surface area contributed by atoms with E-state index in [1.165, 1.54) is 0 Å². The van der Waals surface area contributed by atoms with Gasteiger partial charge >= 0.3 is 6.18 Å².